The minimum Gasteiger partial charge on any atom is -0.398 e. The van der Waals surface area contributed by atoms with Gasteiger partial charge in [-0.15, -0.1) is 0 Å². The molecule has 106 valence electrons. The number of halogens is 2. The number of nitrogens with two attached hydrogens (primary N) is 1. The van der Waals surface area contributed by atoms with E-state index in [1.54, 1.807) is 12.1 Å². The van der Waals surface area contributed by atoms with E-state index >= 15 is 0 Å². The second-order valence-electron chi connectivity index (χ2n) is 4.54. The lowest BCUT2D eigenvalue weighted by Gasteiger charge is -2.09. The Morgan fingerprint density at radius 2 is 1.90 bits per heavy atom. The van der Waals surface area contributed by atoms with Gasteiger partial charge < -0.3 is 5.73 Å². The molecule has 0 aliphatic heterocycles. The van der Waals surface area contributed by atoms with E-state index < -0.39 is 21.4 Å². The fourth-order valence-corrected chi connectivity index (χ4v) is 3.65. The van der Waals surface area contributed by atoms with Crippen molar-refractivity contribution in [1.29, 1.82) is 0 Å². The van der Waals surface area contributed by atoms with Gasteiger partial charge in [-0.3, -0.25) is 0 Å². The Hall–Kier alpha value is -1.59. The second kappa shape index (κ2) is 5.42. The van der Waals surface area contributed by atoms with Crippen LogP contribution in [0.15, 0.2) is 41.3 Å². The van der Waals surface area contributed by atoms with E-state index in [9.17, 15) is 12.8 Å². The molecule has 2 aromatic rings. The number of hydrogen-bond donors (Lipinski definition) is 1. The maximum atomic E-state index is 13.2. The third kappa shape index (κ3) is 3.11. The van der Waals surface area contributed by atoms with Gasteiger partial charge in [0.05, 0.1) is 16.3 Å². The number of benzene rings is 2. The Morgan fingerprint density at radius 3 is 2.55 bits per heavy atom. The highest BCUT2D eigenvalue weighted by atomic mass is 35.5. The van der Waals surface area contributed by atoms with Crippen molar-refractivity contribution in [3.05, 3.63) is 58.4 Å². The molecular weight excluding hydrogens is 301 g/mol. The predicted molar refractivity (Wildman–Crippen MR) is 77.9 cm³/mol. The number of hydrogen-bond acceptors (Lipinski definition) is 3. The van der Waals surface area contributed by atoms with E-state index in [2.05, 4.69) is 0 Å². The van der Waals surface area contributed by atoms with Crippen molar-refractivity contribution in [3.63, 3.8) is 0 Å². The first-order chi connectivity index (χ1) is 9.29. The van der Waals surface area contributed by atoms with E-state index in [4.69, 9.17) is 17.3 Å². The Kier molecular flexibility index (Phi) is 4.01. The highest BCUT2D eigenvalue weighted by Gasteiger charge is 2.20. The molecule has 2 N–H and O–H groups in total. The average Bonchev–Trinajstić information content (AvgIpc) is 2.33. The van der Waals surface area contributed by atoms with E-state index in [1.165, 1.54) is 18.2 Å². The van der Waals surface area contributed by atoms with Gasteiger partial charge in [-0.1, -0.05) is 17.7 Å². The average molecular weight is 314 g/mol. The van der Waals surface area contributed by atoms with E-state index in [0.29, 0.717) is 0 Å². The fraction of sp³-hybridized carbons (Fsp3) is 0.143. The van der Waals surface area contributed by atoms with Gasteiger partial charge in [0.25, 0.3) is 0 Å². The van der Waals surface area contributed by atoms with Gasteiger partial charge in [0.1, 0.15) is 5.82 Å². The van der Waals surface area contributed by atoms with Crippen LogP contribution < -0.4 is 5.73 Å². The highest BCUT2D eigenvalue weighted by molar-refractivity contribution is 7.90. The van der Waals surface area contributed by atoms with Crippen LogP contribution in [0.2, 0.25) is 5.02 Å². The molecule has 0 unspecified atom stereocenters. The number of anilines is 1. The van der Waals surface area contributed by atoms with Gasteiger partial charge in [-0.25, -0.2) is 12.8 Å². The summed E-state index contributed by atoms with van der Waals surface area (Å²) in [6.45, 7) is 1.82. The summed E-state index contributed by atoms with van der Waals surface area (Å²) in [6, 6.07) is 8.33. The lowest BCUT2D eigenvalue weighted by atomic mass is 10.2. The van der Waals surface area contributed by atoms with Crippen molar-refractivity contribution in [2.24, 2.45) is 0 Å². The van der Waals surface area contributed by atoms with Gasteiger partial charge in [-0.2, -0.15) is 0 Å². The molecule has 2 rings (SSSR count). The van der Waals surface area contributed by atoms with Crippen LogP contribution >= 0.6 is 11.6 Å². The molecule has 0 aromatic heterocycles. The van der Waals surface area contributed by atoms with Crippen molar-refractivity contribution in [3.8, 4) is 0 Å². The molecule has 3 nitrogen and oxygen atoms in total. The lowest BCUT2D eigenvalue weighted by Crippen LogP contribution is -2.08. The first-order valence-electron chi connectivity index (χ1n) is 5.82. The molecule has 0 saturated heterocycles. The third-order valence-corrected chi connectivity index (χ3v) is 4.96. The first-order valence-corrected chi connectivity index (χ1v) is 7.85. The largest absolute Gasteiger partial charge is 0.398 e. The zero-order valence-electron chi connectivity index (χ0n) is 10.7. The monoisotopic (exact) mass is 313 g/mol. The van der Waals surface area contributed by atoms with E-state index in [-0.39, 0.29) is 21.2 Å². The molecule has 0 fully saturated rings. The van der Waals surface area contributed by atoms with Crippen molar-refractivity contribution >= 4 is 27.1 Å². The summed E-state index contributed by atoms with van der Waals surface area (Å²) in [6.07, 6.45) is 0. The number of rotatable bonds is 3. The summed E-state index contributed by atoms with van der Waals surface area (Å²) < 4.78 is 37.9. The Morgan fingerprint density at radius 1 is 1.20 bits per heavy atom. The van der Waals surface area contributed by atoms with Crippen LogP contribution in [0.25, 0.3) is 0 Å². The first kappa shape index (κ1) is 14.8. The van der Waals surface area contributed by atoms with Gasteiger partial charge >= 0.3 is 0 Å². The summed E-state index contributed by atoms with van der Waals surface area (Å²) in [5.74, 6) is -0.923. The standard InChI is InChI=1S/C14H13ClFNO2S/c1-9-2-5-14(13(17)6-9)20(18,19)8-10-7-11(16)3-4-12(10)15/h2-7H,8,17H2,1H3. The van der Waals surface area contributed by atoms with Crippen LogP contribution in [0, 0.1) is 12.7 Å². The summed E-state index contributed by atoms with van der Waals surface area (Å²) >= 11 is 5.89. The Labute approximate surface area is 122 Å². The predicted octanol–water partition coefficient (Wildman–Crippen LogP) is 3.34. The lowest BCUT2D eigenvalue weighted by molar-refractivity contribution is 0.595. The number of sulfone groups is 1. The molecular formula is C14H13ClFNO2S. The highest BCUT2D eigenvalue weighted by Crippen LogP contribution is 2.26. The van der Waals surface area contributed by atoms with Crippen molar-refractivity contribution in [2.75, 3.05) is 5.73 Å². The molecule has 0 amide bonds. The second-order valence-corrected chi connectivity index (χ2v) is 6.90. The van der Waals surface area contributed by atoms with Crippen LogP contribution in [0.5, 0.6) is 0 Å². The molecule has 0 aliphatic rings. The van der Waals surface area contributed by atoms with Gasteiger partial charge in [-0.05, 0) is 48.4 Å². The molecule has 2 aromatic carbocycles. The van der Waals surface area contributed by atoms with Crippen molar-refractivity contribution in [2.45, 2.75) is 17.6 Å². The van der Waals surface area contributed by atoms with Crippen molar-refractivity contribution < 1.29 is 12.8 Å². The molecule has 0 aliphatic carbocycles. The summed E-state index contributed by atoms with van der Waals surface area (Å²) in [5.41, 5.74) is 7.00. The van der Waals surface area contributed by atoms with Crippen molar-refractivity contribution in [1.82, 2.24) is 0 Å². The number of aryl methyl sites for hydroxylation is 1. The zero-order valence-corrected chi connectivity index (χ0v) is 12.3. The molecule has 0 saturated carbocycles. The minimum absolute atomic E-state index is 0.0310. The van der Waals surface area contributed by atoms with Crippen LogP contribution in [0.1, 0.15) is 11.1 Å². The summed E-state index contributed by atoms with van der Waals surface area (Å²) in [4.78, 5) is 0.0310. The maximum absolute atomic E-state index is 13.2. The number of nitrogen functional groups attached to an aromatic ring is 1. The zero-order chi connectivity index (χ0) is 14.9. The van der Waals surface area contributed by atoms with Crippen LogP contribution in [-0.4, -0.2) is 8.42 Å². The molecule has 0 heterocycles. The van der Waals surface area contributed by atoms with Crippen LogP contribution in [0.3, 0.4) is 0 Å². The molecule has 0 atom stereocenters. The normalized spacial score (nSPS) is 11.6. The van der Waals surface area contributed by atoms with Crippen LogP contribution in [-0.2, 0) is 15.6 Å². The van der Waals surface area contributed by atoms with E-state index in [0.717, 1.165) is 11.6 Å². The van der Waals surface area contributed by atoms with Crippen LogP contribution in [0.4, 0.5) is 10.1 Å². The smallest absolute Gasteiger partial charge is 0.184 e. The fourth-order valence-electron chi connectivity index (χ4n) is 1.89. The molecule has 0 spiro atoms. The molecule has 20 heavy (non-hydrogen) atoms. The quantitative estimate of drug-likeness (QED) is 0.884. The molecule has 6 heteroatoms. The maximum Gasteiger partial charge on any atom is 0.184 e. The van der Waals surface area contributed by atoms with Gasteiger partial charge in [0, 0.05) is 5.02 Å². The summed E-state index contributed by atoms with van der Waals surface area (Å²) in [5, 5.41) is 0.209. The molecule has 0 radical (unpaired) electrons. The topological polar surface area (TPSA) is 60.2 Å². The third-order valence-electron chi connectivity index (χ3n) is 2.85. The molecule has 0 bridgehead atoms. The summed E-state index contributed by atoms with van der Waals surface area (Å²) in [7, 11) is -3.68. The van der Waals surface area contributed by atoms with Gasteiger partial charge in [0.15, 0.2) is 9.84 Å². The SMILES string of the molecule is Cc1ccc(S(=O)(=O)Cc2cc(F)ccc2Cl)c(N)c1. The van der Waals surface area contributed by atoms with E-state index in [1.807, 2.05) is 6.92 Å². The van der Waals surface area contributed by atoms with Gasteiger partial charge in [0.2, 0.25) is 0 Å². The Bertz CT molecular complexity index is 760. The Balaban J connectivity index is 2.43. The minimum atomic E-state index is -3.68.